The molecule has 0 saturated carbocycles. The van der Waals surface area contributed by atoms with Gasteiger partial charge in [-0.15, -0.1) is 0 Å². The van der Waals surface area contributed by atoms with Gasteiger partial charge in [-0.25, -0.2) is 4.79 Å². The smallest absolute Gasteiger partial charge is 0.407 e. The van der Waals surface area contributed by atoms with E-state index in [-0.39, 0.29) is 6.61 Å². The highest BCUT2D eigenvalue weighted by atomic mass is 16.5. The first-order valence-electron chi connectivity index (χ1n) is 9.30. The van der Waals surface area contributed by atoms with Crippen LogP contribution in [0.2, 0.25) is 0 Å². The van der Waals surface area contributed by atoms with Crippen molar-refractivity contribution in [2.75, 3.05) is 37.6 Å². The predicted octanol–water partition coefficient (Wildman–Crippen LogP) is 2.76. The van der Waals surface area contributed by atoms with Crippen molar-refractivity contribution in [1.82, 2.24) is 10.6 Å². The molecule has 2 aromatic carbocycles. The number of nitrogens with one attached hydrogen (secondary N) is 2. The summed E-state index contributed by atoms with van der Waals surface area (Å²) in [7, 11) is 0. The van der Waals surface area contributed by atoms with Crippen LogP contribution >= 0.6 is 0 Å². The molecule has 0 radical (unpaired) electrons. The molecular weight excluding hydrogens is 338 g/mol. The zero-order valence-corrected chi connectivity index (χ0v) is 15.4. The van der Waals surface area contributed by atoms with E-state index in [2.05, 4.69) is 39.5 Å². The number of amides is 1. The lowest BCUT2D eigenvalue weighted by Crippen LogP contribution is -2.43. The van der Waals surface area contributed by atoms with Crippen LogP contribution in [0, 0.1) is 11.8 Å². The second-order valence-electron chi connectivity index (χ2n) is 6.33. The molecule has 1 aliphatic rings. The van der Waals surface area contributed by atoms with Crippen molar-refractivity contribution < 1.29 is 9.53 Å². The normalized spacial score (nSPS) is 13.4. The van der Waals surface area contributed by atoms with E-state index < -0.39 is 6.09 Å². The van der Waals surface area contributed by atoms with Crippen LogP contribution in [0.15, 0.2) is 54.6 Å². The molecule has 1 saturated heterocycles. The average molecular weight is 363 g/mol. The molecule has 0 spiro atoms. The lowest BCUT2D eigenvalue weighted by atomic mass is 10.1. The first-order valence-corrected chi connectivity index (χ1v) is 9.30. The van der Waals surface area contributed by atoms with Gasteiger partial charge in [-0.05, 0) is 23.8 Å². The third-order valence-electron chi connectivity index (χ3n) is 4.29. The van der Waals surface area contributed by atoms with Crippen molar-refractivity contribution in [3.05, 3.63) is 65.7 Å². The maximum absolute atomic E-state index is 11.7. The second kappa shape index (κ2) is 10.2. The van der Waals surface area contributed by atoms with E-state index in [1.165, 1.54) is 5.69 Å². The van der Waals surface area contributed by atoms with Gasteiger partial charge in [0, 0.05) is 50.4 Å². The molecule has 0 unspecified atom stereocenters. The number of alkyl carbamates (subject to hydrolysis) is 1. The summed E-state index contributed by atoms with van der Waals surface area (Å²) in [4.78, 5) is 14.0. The van der Waals surface area contributed by atoms with Gasteiger partial charge in [0.25, 0.3) is 0 Å². The third-order valence-corrected chi connectivity index (χ3v) is 4.29. The quantitative estimate of drug-likeness (QED) is 0.634. The summed E-state index contributed by atoms with van der Waals surface area (Å²) in [5, 5.41) is 6.08. The highest BCUT2D eigenvalue weighted by Crippen LogP contribution is 2.16. The van der Waals surface area contributed by atoms with Crippen molar-refractivity contribution in [2.24, 2.45) is 0 Å². The number of piperazine rings is 1. The zero-order chi connectivity index (χ0) is 18.7. The number of hydrogen-bond acceptors (Lipinski definition) is 4. The first kappa shape index (κ1) is 18.8. The Kier molecular flexibility index (Phi) is 7.14. The van der Waals surface area contributed by atoms with Crippen LogP contribution in [-0.4, -0.2) is 38.8 Å². The molecule has 1 heterocycles. The largest absolute Gasteiger partial charge is 0.445 e. The van der Waals surface area contributed by atoms with Gasteiger partial charge in [0.2, 0.25) is 0 Å². The van der Waals surface area contributed by atoms with Crippen LogP contribution in [0.4, 0.5) is 10.5 Å². The van der Waals surface area contributed by atoms with Gasteiger partial charge in [0.1, 0.15) is 6.61 Å². The van der Waals surface area contributed by atoms with Crippen LogP contribution in [0.5, 0.6) is 0 Å². The molecule has 5 heteroatoms. The van der Waals surface area contributed by atoms with Crippen molar-refractivity contribution >= 4 is 11.8 Å². The molecule has 1 fully saturated rings. The summed E-state index contributed by atoms with van der Waals surface area (Å²) in [6.45, 7) is 4.82. The summed E-state index contributed by atoms with van der Waals surface area (Å²) in [5.74, 6) is 6.28. The molecule has 0 aromatic heterocycles. The van der Waals surface area contributed by atoms with Crippen LogP contribution in [-0.2, 0) is 11.3 Å². The minimum atomic E-state index is -0.415. The van der Waals surface area contributed by atoms with Gasteiger partial charge in [-0.2, -0.15) is 0 Å². The second-order valence-corrected chi connectivity index (χ2v) is 6.33. The molecular formula is C22H25N3O2. The Bertz CT molecular complexity index is 790. The summed E-state index contributed by atoms with van der Waals surface area (Å²) < 4.78 is 5.17. The first-order chi connectivity index (χ1) is 13.3. The molecule has 2 N–H and O–H groups in total. The Morgan fingerprint density at radius 3 is 2.74 bits per heavy atom. The van der Waals surface area contributed by atoms with Gasteiger partial charge in [-0.1, -0.05) is 48.2 Å². The van der Waals surface area contributed by atoms with E-state index in [0.717, 1.165) is 37.3 Å². The Balaban J connectivity index is 1.39. The van der Waals surface area contributed by atoms with Crippen LogP contribution in [0.3, 0.4) is 0 Å². The molecule has 140 valence electrons. The lowest BCUT2D eigenvalue weighted by molar-refractivity contribution is 0.140. The van der Waals surface area contributed by atoms with E-state index in [9.17, 15) is 4.79 Å². The fourth-order valence-electron chi connectivity index (χ4n) is 2.87. The molecule has 0 bridgehead atoms. The van der Waals surface area contributed by atoms with Gasteiger partial charge in [0.15, 0.2) is 0 Å². The zero-order valence-electron chi connectivity index (χ0n) is 15.4. The maximum Gasteiger partial charge on any atom is 0.407 e. The fraction of sp³-hybridized carbons (Fsp3) is 0.318. The highest BCUT2D eigenvalue weighted by molar-refractivity contribution is 5.67. The number of carbonyl (C=O) groups is 1. The summed E-state index contributed by atoms with van der Waals surface area (Å²) in [6.07, 6.45) is 0.166. The minimum Gasteiger partial charge on any atom is -0.445 e. The molecule has 3 rings (SSSR count). The van der Waals surface area contributed by atoms with Gasteiger partial charge < -0.3 is 20.3 Å². The standard InChI is InChI=1S/C22H25N3O2/c26-22(27-18-20-8-2-1-3-9-20)24-12-5-4-7-19-10-6-11-21(17-19)25-15-13-23-14-16-25/h1-3,6,8-11,17,23H,5,12-16,18H2,(H,24,26). The molecule has 5 nitrogen and oxygen atoms in total. The van der Waals surface area contributed by atoms with Gasteiger partial charge in [0.05, 0.1) is 0 Å². The van der Waals surface area contributed by atoms with E-state index >= 15 is 0 Å². The van der Waals surface area contributed by atoms with E-state index in [1.54, 1.807) is 0 Å². The maximum atomic E-state index is 11.7. The number of nitrogens with zero attached hydrogens (tertiary/aromatic N) is 1. The SMILES string of the molecule is O=C(NCCC#Cc1cccc(N2CCNCC2)c1)OCc1ccccc1. The van der Waals surface area contributed by atoms with Crippen molar-refractivity contribution in [3.63, 3.8) is 0 Å². The van der Waals surface area contributed by atoms with Gasteiger partial charge in [-0.3, -0.25) is 0 Å². The number of ether oxygens (including phenoxy) is 1. The van der Waals surface area contributed by atoms with Crippen molar-refractivity contribution in [2.45, 2.75) is 13.0 Å². The summed E-state index contributed by atoms with van der Waals surface area (Å²) in [5.41, 5.74) is 3.18. The van der Waals surface area contributed by atoms with Crippen LogP contribution in [0.1, 0.15) is 17.5 Å². The Hall–Kier alpha value is -2.97. The topological polar surface area (TPSA) is 53.6 Å². The minimum absolute atomic E-state index is 0.275. The van der Waals surface area contributed by atoms with Crippen molar-refractivity contribution in [1.29, 1.82) is 0 Å². The predicted molar refractivity (Wildman–Crippen MR) is 108 cm³/mol. The molecule has 1 aliphatic heterocycles. The summed E-state index contributed by atoms with van der Waals surface area (Å²) in [6, 6.07) is 17.9. The van der Waals surface area contributed by atoms with Crippen LogP contribution < -0.4 is 15.5 Å². The number of carbonyl (C=O) groups excluding carboxylic acids is 1. The van der Waals surface area contributed by atoms with E-state index in [4.69, 9.17) is 4.74 Å². The Morgan fingerprint density at radius 1 is 1.11 bits per heavy atom. The molecule has 0 aliphatic carbocycles. The average Bonchev–Trinajstić information content (AvgIpc) is 2.74. The number of rotatable bonds is 5. The third kappa shape index (κ3) is 6.36. The highest BCUT2D eigenvalue weighted by Gasteiger charge is 2.09. The lowest BCUT2D eigenvalue weighted by Gasteiger charge is -2.29. The molecule has 1 amide bonds. The number of anilines is 1. The number of hydrogen-bond donors (Lipinski definition) is 2. The van der Waals surface area contributed by atoms with E-state index in [1.807, 2.05) is 42.5 Å². The fourth-order valence-corrected chi connectivity index (χ4v) is 2.87. The number of benzene rings is 2. The molecule has 0 atom stereocenters. The Morgan fingerprint density at radius 2 is 1.93 bits per heavy atom. The molecule has 27 heavy (non-hydrogen) atoms. The molecule has 2 aromatic rings. The van der Waals surface area contributed by atoms with Crippen LogP contribution in [0.25, 0.3) is 0 Å². The monoisotopic (exact) mass is 363 g/mol. The van der Waals surface area contributed by atoms with Gasteiger partial charge >= 0.3 is 6.09 Å². The van der Waals surface area contributed by atoms with Crippen molar-refractivity contribution in [3.8, 4) is 11.8 Å². The van der Waals surface area contributed by atoms with E-state index in [0.29, 0.717) is 13.0 Å². The Labute approximate surface area is 160 Å². The summed E-state index contributed by atoms with van der Waals surface area (Å²) >= 11 is 0.